The van der Waals surface area contributed by atoms with Crippen LogP contribution >= 0.6 is 0 Å². The number of rotatable bonds is 0. The molecule has 0 saturated heterocycles. The molecule has 1 heteroatoms. The number of hydrogen-bond acceptors (Lipinski definition) is 1. The first-order valence-electron chi connectivity index (χ1n) is 11.1. The summed E-state index contributed by atoms with van der Waals surface area (Å²) in [5, 5.41) is 9.41. The molecular weight excluding hydrogens is 290 g/mol. The summed E-state index contributed by atoms with van der Waals surface area (Å²) in [4.78, 5) is 0. The van der Waals surface area contributed by atoms with Crippen molar-refractivity contribution in [3.05, 3.63) is 0 Å². The zero-order chi connectivity index (χ0) is 16.4. The van der Waals surface area contributed by atoms with Crippen LogP contribution in [0.2, 0.25) is 0 Å². The lowest BCUT2D eigenvalue weighted by atomic mass is 9.43. The molecule has 0 heterocycles. The van der Waals surface area contributed by atoms with Crippen LogP contribution < -0.4 is 0 Å². The third kappa shape index (κ3) is 1.98. The van der Waals surface area contributed by atoms with E-state index in [-0.39, 0.29) is 0 Å². The molecule has 5 saturated carbocycles. The molecule has 132 valence electrons. The summed E-state index contributed by atoms with van der Waals surface area (Å²) in [7, 11) is 0. The van der Waals surface area contributed by atoms with Gasteiger partial charge in [0.2, 0.25) is 0 Å². The van der Waals surface area contributed by atoms with E-state index in [2.05, 4.69) is 13.0 Å². The zero-order valence-corrected chi connectivity index (χ0v) is 15.6. The van der Waals surface area contributed by atoms with Gasteiger partial charge < -0.3 is 0 Å². The summed E-state index contributed by atoms with van der Waals surface area (Å²) >= 11 is 0. The monoisotopic (exact) mass is 325 g/mol. The third-order valence-corrected chi connectivity index (χ3v) is 10.2. The number of fused-ring (bicyclic) bond motifs is 4. The maximum atomic E-state index is 9.41. The van der Waals surface area contributed by atoms with Gasteiger partial charge in [-0.2, -0.15) is 5.26 Å². The second-order valence-electron chi connectivity index (χ2n) is 10.5. The molecule has 0 aromatic heterocycles. The molecule has 1 spiro atoms. The Morgan fingerprint density at radius 3 is 2.50 bits per heavy atom. The van der Waals surface area contributed by atoms with Gasteiger partial charge in [-0.3, -0.25) is 0 Å². The average Bonchev–Trinajstić information content (AvgIpc) is 3.00. The Balaban J connectivity index is 1.43. The van der Waals surface area contributed by atoms with Gasteiger partial charge in [0, 0.05) is 5.92 Å². The van der Waals surface area contributed by atoms with Crippen molar-refractivity contribution in [2.75, 3.05) is 0 Å². The van der Waals surface area contributed by atoms with Gasteiger partial charge in [-0.25, -0.2) is 0 Å². The molecule has 0 amide bonds. The van der Waals surface area contributed by atoms with E-state index in [1.54, 1.807) is 6.42 Å². The number of hydrogen-bond donors (Lipinski definition) is 0. The predicted octanol–water partition coefficient (Wildman–Crippen LogP) is 6.34. The molecule has 1 nitrogen and oxygen atoms in total. The van der Waals surface area contributed by atoms with Gasteiger partial charge in [-0.1, -0.05) is 19.8 Å². The molecule has 5 rings (SSSR count). The fourth-order valence-electron chi connectivity index (χ4n) is 9.10. The van der Waals surface area contributed by atoms with E-state index < -0.39 is 0 Å². The molecular formula is C23H35N. The fourth-order valence-corrected chi connectivity index (χ4v) is 9.10. The SMILES string of the molecule is CC12CCCCC1CCC1C2CCC23CCC(C#N)C[C@H]2CCC13. The average molecular weight is 326 g/mol. The first kappa shape index (κ1) is 15.7. The van der Waals surface area contributed by atoms with Gasteiger partial charge >= 0.3 is 0 Å². The molecule has 0 radical (unpaired) electrons. The quantitative estimate of drug-likeness (QED) is 0.510. The van der Waals surface area contributed by atoms with E-state index in [4.69, 9.17) is 0 Å². The van der Waals surface area contributed by atoms with Crippen LogP contribution in [0.1, 0.15) is 90.4 Å². The van der Waals surface area contributed by atoms with Crippen molar-refractivity contribution in [3.8, 4) is 6.07 Å². The van der Waals surface area contributed by atoms with Crippen molar-refractivity contribution in [1.82, 2.24) is 0 Å². The highest BCUT2D eigenvalue weighted by Gasteiger charge is 2.61. The minimum atomic E-state index is 0.378. The highest BCUT2D eigenvalue weighted by atomic mass is 14.7. The lowest BCUT2D eigenvalue weighted by Gasteiger charge is -2.62. The van der Waals surface area contributed by atoms with Crippen LogP contribution in [0.3, 0.4) is 0 Å². The number of nitriles is 1. The minimum Gasteiger partial charge on any atom is -0.198 e. The molecule has 7 unspecified atom stereocenters. The first-order chi connectivity index (χ1) is 11.7. The summed E-state index contributed by atoms with van der Waals surface area (Å²) in [6.07, 6.45) is 19.0. The van der Waals surface area contributed by atoms with Gasteiger partial charge in [-0.05, 0) is 111 Å². The van der Waals surface area contributed by atoms with Gasteiger partial charge in [0.15, 0.2) is 0 Å². The molecule has 5 fully saturated rings. The largest absolute Gasteiger partial charge is 0.198 e. The highest BCUT2D eigenvalue weighted by molar-refractivity contribution is 5.12. The van der Waals surface area contributed by atoms with Crippen molar-refractivity contribution >= 4 is 0 Å². The Morgan fingerprint density at radius 1 is 0.792 bits per heavy atom. The Morgan fingerprint density at radius 2 is 1.62 bits per heavy atom. The topological polar surface area (TPSA) is 23.8 Å². The van der Waals surface area contributed by atoms with E-state index in [9.17, 15) is 5.26 Å². The molecule has 5 aliphatic carbocycles. The van der Waals surface area contributed by atoms with Crippen LogP contribution in [0, 0.1) is 57.7 Å². The van der Waals surface area contributed by atoms with Crippen LogP contribution in [0.25, 0.3) is 0 Å². The van der Waals surface area contributed by atoms with Crippen molar-refractivity contribution < 1.29 is 0 Å². The number of nitrogens with zero attached hydrogens (tertiary/aromatic N) is 1. The van der Waals surface area contributed by atoms with Gasteiger partial charge in [-0.15, -0.1) is 0 Å². The fraction of sp³-hybridized carbons (Fsp3) is 0.957. The zero-order valence-electron chi connectivity index (χ0n) is 15.6. The van der Waals surface area contributed by atoms with Gasteiger partial charge in [0.05, 0.1) is 6.07 Å². The van der Waals surface area contributed by atoms with E-state index in [0.717, 1.165) is 29.6 Å². The molecule has 0 aliphatic heterocycles. The Kier molecular flexibility index (Phi) is 3.60. The van der Waals surface area contributed by atoms with Crippen LogP contribution in [0.15, 0.2) is 0 Å². The second kappa shape index (κ2) is 5.49. The van der Waals surface area contributed by atoms with Gasteiger partial charge in [0.1, 0.15) is 0 Å². The maximum absolute atomic E-state index is 9.41. The molecule has 24 heavy (non-hydrogen) atoms. The van der Waals surface area contributed by atoms with E-state index in [1.807, 2.05) is 0 Å². The lowest BCUT2D eigenvalue weighted by molar-refractivity contribution is -0.124. The molecule has 5 aliphatic rings. The predicted molar refractivity (Wildman–Crippen MR) is 97.1 cm³/mol. The molecule has 0 bridgehead atoms. The van der Waals surface area contributed by atoms with Crippen LogP contribution in [-0.4, -0.2) is 0 Å². The van der Waals surface area contributed by atoms with Crippen LogP contribution in [-0.2, 0) is 0 Å². The summed E-state index contributed by atoms with van der Waals surface area (Å²) in [5.41, 5.74) is 1.36. The Hall–Kier alpha value is -0.510. The summed E-state index contributed by atoms with van der Waals surface area (Å²) < 4.78 is 0. The van der Waals surface area contributed by atoms with Crippen molar-refractivity contribution in [2.24, 2.45) is 46.3 Å². The maximum Gasteiger partial charge on any atom is 0.0655 e. The van der Waals surface area contributed by atoms with Crippen LogP contribution in [0.4, 0.5) is 0 Å². The molecule has 0 N–H and O–H groups in total. The van der Waals surface area contributed by atoms with Crippen molar-refractivity contribution in [1.29, 1.82) is 5.26 Å². The molecule has 0 aromatic carbocycles. The first-order valence-corrected chi connectivity index (χ1v) is 11.1. The highest BCUT2D eigenvalue weighted by Crippen LogP contribution is 2.70. The summed E-state index contributed by atoms with van der Waals surface area (Å²) in [6.45, 7) is 2.70. The van der Waals surface area contributed by atoms with Gasteiger partial charge in [0.25, 0.3) is 0 Å². The van der Waals surface area contributed by atoms with Crippen LogP contribution in [0.5, 0.6) is 0 Å². The lowest BCUT2D eigenvalue weighted by Crippen LogP contribution is -2.54. The summed E-state index contributed by atoms with van der Waals surface area (Å²) in [6, 6.07) is 2.61. The smallest absolute Gasteiger partial charge is 0.0655 e. The minimum absolute atomic E-state index is 0.378. The van der Waals surface area contributed by atoms with E-state index in [1.165, 1.54) is 77.0 Å². The van der Waals surface area contributed by atoms with Crippen molar-refractivity contribution in [3.63, 3.8) is 0 Å². The Bertz CT molecular complexity index is 547. The molecule has 0 aromatic rings. The second-order valence-corrected chi connectivity index (χ2v) is 10.5. The van der Waals surface area contributed by atoms with Crippen molar-refractivity contribution in [2.45, 2.75) is 90.4 Å². The van der Waals surface area contributed by atoms with E-state index in [0.29, 0.717) is 16.7 Å². The van der Waals surface area contributed by atoms with E-state index >= 15 is 0 Å². The Labute approximate surface area is 148 Å². The standard InChI is InChI=1S/C23H35N/c1-22-11-3-2-4-17(22)5-7-19-20(22)10-13-23-12-9-16(15-24)14-18(23)6-8-21(19)23/h16-21H,2-14H2,1H3/t16?,17?,18-,19?,20?,21?,22?,23?/m1/s1. The third-order valence-electron chi connectivity index (χ3n) is 10.2. The normalized spacial score (nSPS) is 56.3. The molecule has 8 atom stereocenters. The summed E-state index contributed by atoms with van der Waals surface area (Å²) in [5.74, 6) is 5.44.